The molecule has 104 valence electrons. The molecule has 0 saturated heterocycles. The maximum atomic E-state index is 13.8. The third-order valence-corrected chi connectivity index (χ3v) is 3.34. The average Bonchev–Trinajstić information content (AvgIpc) is 2.30. The number of rotatable bonds is 3. The van der Waals surface area contributed by atoms with Crippen molar-refractivity contribution in [3.05, 3.63) is 45.6 Å². The van der Waals surface area contributed by atoms with Crippen LogP contribution < -0.4 is 17.0 Å². The molecule has 2 rings (SSSR count). The molecular formula is C12H11FN4O2S. The first-order valence-corrected chi connectivity index (χ1v) is 6.33. The normalized spacial score (nSPS) is 10.5. The maximum absolute atomic E-state index is 13.8. The van der Waals surface area contributed by atoms with Crippen LogP contribution in [-0.2, 0) is 0 Å². The van der Waals surface area contributed by atoms with E-state index < -0.39 is 11.7 Å². The van der Waals surface area contributed by atoms with Crippen molar-refractivity contribution in [1.29, 1.82) is 0 Å². The second kappa shape index (κ2) is 5.33. The van der Waals surface area contributed by atoms with E-state index in [2.05, 4.69) is 9.97 Å². The number of carbonyl (C=O) groups excluding carboxylic acids is 1. The van der Waals surface area contributed by atoms with Crippen molar-refractivity contribution in [1.82, 2.24) is 9.97 Å². The Balaban J connectivity index is 2.45. The molecule has 0 aliphatic heterocycles. The Morgan fingerprint density at radius 1 is 1.40 bits per heavy atom. The summed E-state index contributed by atoms with van der Waals surface area (Å²) >= 11 is 0.878. The number of aromatic amines is 1. The number of primary amides is 1. The lowest BCUT2D eigenvalue weighted by Crippen LogP contribution is -2.14. The number of hydrogen-bond donors (Lipinski definition) is 3. The van der Waals surface area contributed by atoms with Gasteiger partial charge >= 0.3 is 0 Å². The number of aryl methyl sites for hydroxylation is 1. The van der Waals surface area contributed by atoms with Crippen LogP contribution in [0.5, 0.6) is 0 Å². The minimum atomic E-state index is -0.755. The Bertz CT molecular complexity index is 745. The third-order valence-electron chi connectivity index (χ3n) is 2.42. The smallest absolute Gasteiger partial charge is 0.251 e. The van der Waals surface area contributed by atoms with E-state index in [1.54, 1.807) is 6.92 Å². The molecule has 2 aromatic rings. The topological polar surface area (TPSA) is 115 Å². The van der Waals surface area contributed by atoms with Gasteiger partial charge in [-0.3, -0.25) is 9.59 Å². The van der Waals surface area contributed by atoms with Crippen LogP contribution in [0.3, 0.4) is 0 Å². The van der Waals surface area contributed by atoms with Gasteiger partial charge in [0, 0.05) is 17.4 Å². The molecule has 20 heavy (non-hydrogen) atoms. The van der Waals surface area contributed by atoms with Gasteiger partial charge in [0.05, 0.1) is 10.5 Å². The number of benzene rings is 1. The van der Waals surface area contributed by atoms with Gasteiger partial charge in [-0.25, -0.2) is 9.37 Å². The molecule has 0 unspecified atom stereocenters. The van der Waals surface area contributed by atoms with Crippen molar-refractivity contribution < 1.29 is 9.18 Å². The molecule has 1 heterocycles. The van der Waals surface area contributed by atoms with E-state index >= 15 is 0 Å². The fourth-order valence-electron chi connectivity index (χ4n) is 1.56. The molecular weight excluding hydrogens is 283 g/mol. The van der Waals surface area contributed by atoms with E-state index in [1.165, 1.54) is 12.1 Å². The van der Waals surface area contributed by atoms with Crippen LogP contribution in [0.15, 0.2) is 33.0 Å². The second-order valence-electron chi connectivity index (χ2n) is 4.03. The van der Waals surface area contributed by atoms with Crippen LogP contribution in [0, 0.1) is 12.7 Å². The lowest BCUT2D eigenvalue weighted by atomic mass is 10.1. The first-order chi connectivity index (χ1) is 9.36. The molecule has 5 N–H and O–H groups in total. The van der Waals surface area contributed by atoms with Crippen molar-refractivity contribution in [2.45, 2.75) is 17.0 Å². The largest absolute Gasteiger partial charge is 0.398 e. The molecule has 1 amide bonds. The Morgan fingerprint density at radius 2 is 2.10 bits per heavy atom. The van der Waals surface area contributed by atoms with Gasteiger partial charge in [0.1, 0.15) is 5.82 Å². The van der Waals surface area contributed by atoms with Crippen LogP contribution in [0.2, 0.25) is 0 Å². The SMILES string of the molecule is Cc1cc(=O)[nH]c(Sc2cc(C(N)=O)c(N)cc2F)n1. The van der Waals surface area contributed by atoms with Crippen molar-refractivity contribution in [3.63, 3.8) is 0 Å². The van der Waals surface area contributed by atoms with Crippen molar-refractivity contribution in [2.75, 3.05) is 5.73 Å². The lowest BCUT2D eigenvalue weighted by Gasteiger charge is -2.07. The number of nitrogens with zero attached hydrogens (tertiary/aromatic N) is 1. The maximum Gasteiger partial charge on any atom is 0.251 e. The van der Waals surface area contributed by atoms with Crippen LogP contribution in [0.1, 0.15) is 16.1 Å². The van der Waals surface area contributed by atoms with E-state index in [4.69, 9.17) is 11.5 Å². The number of nitrogens with two attached hydrogens (primary N) is 2. The summed E-state index contributed by atoms with van der Waals surface area (Å²) < 4.78 is 13.8. The summed E-state index contributed by atoms with van der Waals surface area (Å²) in [6.07, 6.45) is 0. The molecule has 1 aromatic heterocycles. The number of carbonyl (C=O) groups is 1. The van der Waals surface area contributed by atoms with E-state index in [-0.39, 0.29) is 26.9 Å². The summed E-state index contributed by atoms with van der Waals surface area (Å²) in [5, 5.41) is 0.217. The van der Waals surface area contributed by atoms with Gasteiger partial charge in [0.2, 0.25) is 0 Å². The quantitative estimate of drug-likeness (QED) is 0.578. The van der Waals surface area contributed by atoms with Gasteiger partial charge in [0.15, 0.2) is 5.16 Å². The van der Waals surface area contributed by atoms with Gasteiger partial charge in [-0.2, -0.15) is 0 Å². The summed E-state index contributed by atoms with van der Waals surface area (Å²) in [7, 11) is 0. The average molecular weight is 294 g/mol. The van der Waals surface area contributed by atoms with Crippen LogP contribution in [0.4, 0.5) is 10.1 Å². The zero-order valence-electron chi connectivity index (χ0n) is 10.4. The van der Waals surface area contributed by atoms with E-state index in [9.17, 15) is 14.0 Å². The van der Waals surface area contributed by atoms with E-state index in [0.717, 1.165) is 17.8 Å². The summed E-state index contributed by atoms with van der Waals surface area (Å²) in [5.74, 6) is -1.38. The molecule has 0 aliphatic carbocycles. The number of nitrogens with one attached hydrogen (secondary N) is 1. The van der Waals surface area contributed by atoms with E-state index in [0.29, 0.717) is 5.69 Å². The monoisotopic (exact) mass is 294 g/mol. The summed E-state index contributed by atoms with van der Waals surface area (Å²) in [6, 6.07) is 3.56. The van der Waals surface area contributed by atoms with Gasteiger partial charge in [0.25, 0.3) is 11.5 Å². The fourth-order valence-corrected chi connectivity index (χ4v) is 2.45. The van der Waals surface area contributed by atoms with Gasteiger partial charge in [-0.15, -0.1) is 0 Å². The Kier molecular flexibility index (Phi) is 3.75. The summed E-state index contributed by atoms with van der Waals surface area (Å²) in [6.45, 7) is 1.65. The lowest BCUT2D eigenvalue weighted by molar-refractivity contribution is 0.100. The molecule has 0 radical (unpaired) electrons. The van der Waals surface area contributed by atoms with Gasteiger partial charge in [-0.1, -0.05) is 0 Å². The van der Waals surface area contributed by atoms with Crippen LogP contribution in [-0.4, -0.2) is 15.9 Å². The summed E-state index contributed by atoms with van der Waals surface area (Å²) in [4.78, 5) is 29.1. The highest BCUT2D eigenvalue weighted by atomic mass is 32.2. The number of aromatic nitrogens is 2. The predicted octanol–water partition coefficient (Wildman–Crippen LogP) is 1.05. The number of hydrogen-bond acceptors (Lipinski definition) is 5. The first-order valence-electron chi connectivity index (χ1n) is 5.51. The highest BCUT2D eigenvalue weighted by Gasteiger charge is 2.14. The molecule has 8 heteroatoms. The number of anilines is 1. The van der Waals surface area contributed by atoms with Crippen molar-refractivity contribution >= 4 is 23.4 Å². The molecule has 0 fully saturated rings. The van der Waals surface area contributed by atoms with Gasteiger partial charge in [-0.05, 0) is 30.8 Å². The molecule has 6 nitrogen and oxygen atoms in total. The van der Waals surface area contributed by atoms with Crippen molar-refractivity contribution in [2.24, 2.45) is 5.73 Å². The number of nitrogen functional groups attached to an aromatic ring is 1. The number of H-pyrrole nitrogens is 1. The molecule has 0 atom stereocenters. The standard InChI is InChI=1S/C12H11FN4O2S/c1-5-2-10(18)17-12(16-5)20-9-3-6(11(15)19)8(14)4-7(9)13/h2-4H,14H2,1H3,(H2,15,19)(H,16,17,18). The molecule has 0 saturated carbocycles. The minimum absolute atomic E-state index is 0.0175. The molecule has 1 aromatic carbocycles. The van der Waals surface area contributed by atoms with Crippen molar-refractivity contribution in [3.8, 4) is 0 Å². The van der Waals surface area contributed by atoms with Crippen LogP contribution in [0.25, 0.3) is 0 Å². The number of amides is 1. The van der Waals surface area contributed by atoms with Crippen LogP contribution >= 0.6 is 11.8 Å². The Hall–Kier alpha value is -2.35. The molecule has 0 spiro atoms. The second-order valence-corrected chi connectivity index (χ2v) is 5.06. The number of halogens is 1. The third kappa shape index (κ3) is 2.97. The highest BCUT2D eigenvalue weighted by molar-refractivity contribution is 7.99. The zero-order valence-corrected chi connectivity index (χ0v) is 11.3. The Labute approximate surface area is 117 Å². The zero-order chi connectivity index (χ0) is 14.9. The first kappa shape index (κ1) is 14.1. The highest BCUT2D eigenvalue weighted by Crippen LogP contribution is 2.30. The fraction of sp³-hybridized carbons (Fsp3) is 0.0833. The van der Waals surface area contributed by atoms with E-state index in [1.807, 2.05) is 0 Å². The molecule has 0 bridgehead atoms. The predicted molar refractivity (Wildman–Crippen MR) is 73.0 cm³/mol. The molecule has 0 aliphatic rings. The van der Waals surface area contributed by atoms with Gasteiger partial charge < -0.3 is 16.5 Å². The summed E-state index contributed by atoms with van der Waals surface area (Å²) in [5.41, 5.74) is 10.8. The minimum Gasteiger partial charge on any atom is -0.398 e. The Morgan fingerprint density at radius 3 is 2.70 bits per heavy atom.